The van der Waals surface area contributed by atoms with Gasteiger partial charge in [0.15, 0.2) is 12.8 Å². The van der Waals surface area contributed by atoms with Gasteiger partial charge in [-0.25, -0.2) is 0 Å². The number of carbonyl (C=O) groups excluding carboxylic acids is 2. The molecule has 1 aromatic rings. The average Bonchev–Trinajstić information content (AvgIpc) is 2.39. The lowest BCUT2D eigenvalue weighted by Crippen LogP contribution is -2.52. The number of halogens is 1. The normalized spacial score (nSPS) is 20.1. The van der Waals surface area contributed by atoms with Gasteiger partial charge in [-0.1, -0.05) is 30.3 Å². The molecule has 0 aromatic heterocycles. The van der Waals surface area contributed by atoms with E-state index < -0.39 is 6.17 Å². The van der Waals surface area contributed by atoms with Gasteiger partial charge in [0.05, 0.1) is 6.00 Å². The second-order valence-electron chi connectivity index (χ2n) is 3.89. The fraction of sp³-hybridized carbons (Fsp3) is 0.333. The Kier molecular flexibility index (Phi) is 3.84. The van der Waals surface area contributed by atoms with E-state index in [0.717, 1.165) is 5.56 Å². The molecule has 6 heteroatoms. The highest BCUT2D eigenvalue weighted by molar-refractivity contribution is 6.18. The van der Waals surface area contributed by atoms with Crippen molar-refractivity contribution in [3.63, 3.8) is 0 Å². The molecule has 0 saturated carbocycles. The van der Waals surface area contributed by atoms with Crippen molar-refractivity contribution in [3.05, 3.63) is 35.9 Å². The summed E-state index contributed by atoms with van der Waals surface area (Å²) >= 11 is 5.80. The Balaban J connectivity index is 2.40. The first-order valence-electron chi connectivity index (χ1n) is 5.48. The van der Waals surface area contributed by atoms with Crippen molar-refractivity contribution in [2.45, 2.75) is 13.1 Å². The van der Waals surface area contributed by atoms with Crippen LogP contribution in [-0.4, -0.2) is 34.4 Å². The van der Waals surface area contributed by atoms with E-state index in [-0.39, 0.29) is 24.4 Å². The quantitative estimate of drug-likeness (QED) is 0.603. The van der Waals surface area contributed by atoms with Crippen molar-refractivity contribution in [1.29, 1.82) is 0 Å². The zero-order valence-corrected chi connectivity index (χ0v) is 10.6. The molecule has 1 aliphatic rings. The van der Waals surface area contributed by atoms with Crippen molar-refractivity contribution in [1.82, 2.24) is 9.96 Å². The van der Waals surface area contributed by atoms with Crippen molar-refractivity contribution >= 4 is 23.4 Å². The topological polar surface area (TPSA) is 49.9 Å². The van der Waals surface area contributed by atoms with Gasteiger partial charge in [-0.15, -0.1) is 11.6 Å². The van der Waals surface area contributed by atoms with E-state index in [1.807, 2.05) is 30.3 Å². The number of hydrogen-bond acceptors (Lipinski definition) is 3. The molecule has 0 N–H and O–H groups in total. The molecule has 18 heavy (non-hydrogen) atoms. The van der Waals surface area contributed by atoms with E-state index in [0.29, 0.717) is 0 Å². The highest BCUT2D eigenvalue weighted by Crippen LogP contribution is 2.29. The van der Waals surface area contributed by atoms with E-state index in [4.69, 9.17) is 16.4 Å². The van der Waals surface area contributed by atoms with Crippen LogP contribution in [0.2, 0.25) is 0 Å². The summed E-state index contributed by atoms with van der Waals surface area (Å²) in [5.41, 5.74) is 0.779. The Labute approximate surface area is 110 Å². The number of alkyl halides is 1. The average molecular weight is 269 g/mol. The largest absolute Gasteiger partial charge is 0.300 e. The van der Waals surface area contributed by atoms with Gasteiger partial charge in [0.2, 0.25) is 5.91 Å². The summed E-state index contributed by atoms with van der Waals surface area (Å²) in [7, 11) is 0. The van der Waals surface area contributed by atoms with E-state index in [1.165, 1.54) is 16.9 Å². The summed E-state index contributed by atoms with van der Waals surface area (Å²) in [5.74, 6) is -0.511. The zero-order chi connectivity index (χ0) is 13.1. The van der Waals surface area contributed by atoms with Crippen LogP contribution in [0.15, 0.2) is 30.3 Å². The third kappa shape index (κ3) is 2.32. The first kappa shape index (κ1) is 12.9. The van der Waals surface area contributed by atoms with Gasteiger partial charge in [-0.05, 0) is 5.56 Å². The smallest absolute Gasteiger partial charge is 0.254 e. The lowest BCUT2D eigenvalue weighted by atomic mass is 10.1. The van der Waals surface area contributed by atoms with Crippen LogP contribution in [0, 0.1) is 0 Å². The molecule has 1 unspecified atom stereocenters. The van der Waals surface area contributed by atoms with Crippen LogP contribution in [-0.2, 0) is 14.4 Å². The summed E-state index contributed by atoms with van der Waals surface area (Å²) in [6.45, 7) is 1.22. The van der Waals surface area contributed by atoms with E-state index >= 15 is 0 Å². The van der Waals surface area contributed by atoms with Gasteiger partial charge in [0, 0.05) is 6.92 Å². The minimum atomic E-state index is -0.609. The van der Waals surface area contributed by atoms with Crippen LogP contribution < -0.4 is 0 Å². The fourth-order valence-corrected chi connectivity index (χ4v) is 2.14. The molecular formula is C12H13ClN2O3. The Hall–Kier alpha value is -1.59. The van der Waals surface area contributed by atoms with Gasteiger partial charge < -0.3 is 0 Å². The highest BCUT2D eigenvalue weighted by Gasteiger charge is 2.37. The molecule has 0 radical (unpaired) electrons. The number of benzene rings is 1. The fourth-order valence-electron chi connectivity index (χ4n) is 1.88. The van der Waals surface area contributed by atoms with Gasteiger partial charge in [-0.2, -0.15) is 5.06 Å². The summed E-state index contributed by atoms with van der Waals surface area (Å²) in [6.07, 6.45) is -0.609. The maximum Gasteiger partial charge on any atom is 0.254 e. The van der Waals surface area contributed by atoms with Gasteiger partial charge in [-0.3, -0.25) is 19.3 Å². The number of rotatable bonds is 2. The highest BCUT2D eigenvalue weighted by atomic mass is 35.5. The first-order chi connectivity index (χ1) is 8.65. The van der Waals surface area contributed by atoms with Crippen LogP contribution in [0.1, 0.15) is 18.7 Å². The number of amides is 2. The van der Waals surface area contributed by atoms with Crippen LogP contribution in [0.4, 0.5) is 0 Å². The summed E-state index contributed by atoms with van der Waals surface area (Å²) in [4.78, 5) is 29.9. The maximum absolute atomic E-state index is 11.8. The van der Waals surface area contributed by atoms with Crippen molar-refractivity contribution in [2.75, 3.05) is 12.6 Å². The Morgan fingerprint density at radius 2 is 2.11 bits per heavy atom. The van der Waals surface area contributed by atoms with Crippen LogP contribution in [0.5, 0.6) is 0 Å². The van der Waals surface area contributed by atoms with E-state index in [9.17, 15) is 9.59 Å². The van der Waals surface area contributed by atoms with Crippen molar-refractivity contribution in [2.24, 2.45) is 0 Å². The molecule has 1 aliphatic heterocycles. The van der Waals surface area contributed by atoms with Crippen molar-refractivity contribution in [3.8, 4) is 0 Å². The van der Waals surface area contributed by atoms with Gasteiger partial charge in [0.25, 0.3) is 5.91 Å². The summed E-state index contributed by atoms with van der Waals surface area (Å²) < 4.78 is 0. The molecule has 1 aromatic carbocycles. The second-order valence-corrected chi connectivity index (χ2v) is 4.12. The minimum Gasteiger partial charge on any atom is -0.300 e. The monoisotopic (exact) mass is 268 g/mol. The summed E-state index contributed by atoms with van der Waals surface area (Å²) in [6, 6.07) is 9.17. The Morgan fingerprint density at radius 3 is 2.67 bits per heavy atom. The number of hydrogen-bond donors (Lipinski definition) is 0. The molecule has 96 valence electrons. The minimum absolute atomic E-state index is 0.00549. The van der Waals surface area contributed by atoms with Gasteiger partial charge in [0.1, 0.15) is 0 Å². The number of carbonyl (C=O) groups is 2. The van der Waals surface area contributed by atoms with Gasteiger partial charge >= 0.3 is 0 Å². The lowest BCUT2D eigenvalue weighted by Gasteiger charge is -2.41. The molecule has 2 amide bonds. The number of nitrogens with zero attached hydrogens (tertiary/aromatic N) is 2. The Morgan fingerprint density at radius 1 is 1.44 bits per heavy atom. The summed E-state index contributed by atoms with van der Waals surface area (Å²) in [5, 5.41) is 1.18. The molecule has 0 bridgehead atoms. The lowest BCUT2D eigenvalue weighted by molar-refractivity contribution is -0.240. The molecule has 0 spiro atoms. The molecule has 1 saturated heterocycles. The predicted octanol–water partition coefficient (Wildman–Crippen LogP) is 1.50. The SMILES string of the molecule is CC(=O)N1OCC(=O)N(CCl)C1c1ccccc1. The van der Waals surface area contributed by atoms with E-state index in [2.05, 4.69) is 0 Å². The standard InChI is InChI=1S/C12H13ClN2O3/c1-9(16)15-12(10-5-3-2-4-6-10)14(8-13)11(17)7-18-15/h2-6,12H,7-8H2,1H3. The van der Waals surface area contributed by atoms with Crippen LogP contribution in [0.25, 0.3) is 0 Å². The third-order valence-corrected chi connectivity index (χ3v) is 2.96. The molecule has 2 rings (SSSR count). The number of hydroxylamine groups is 2. The second kappa shape index (κ2) is 5.37. The predicted molar refractivity (Wildman–Crippen MR) is 65.2 cm³/mol. The van der Waals surface area contributed by atoms with Crippen LogP contribution in [0.3, 0.4) is 0 Å². The first-order valence-corrected chi connectivity index (χ1v) is 6.01. The van der Waals surface area contributed by atoms with Crippen molar-refractivity contribution < 1.29 is 14.4 Å². The molecule has 5 nitrogen and oxygen atoms in total. The molecule has 1 heterocycles. The maximum atomic E-state index is 11.8. The zero-order valence-electron chi connectivity index (χ0n) is 9.88. The molecule has 1 fully saturated rings. The molecule has 1 atom stereocenters. The third-order valence-electron chi connectivity index (χ3n) is 2.70. The van der Waals surface area contributed by atoms with E-state index in [1.54, 1.807) is 0 Å². The Bertz CT molecular complexity index is 450. The molecule has 0 aliphatic carbocycles. The van der Waals surface area contributed by atoms with Crippen LogP contribution >= 0.6 is 11.6 Å². The molecular weight excluding hydrogens is 256 g/mol.